The van der Waals surface area contributed by atoms with Gasteiger partial charge in [-0.05, 0) is 36.4 Å². The molecule has 0 saturated carbocycles. The molecule has 0 saturated heterocycles. The van der Waals surface area contributed by atoms with Gasteiger partial charge in [-0.3, -0.25) is 0 Å². The second-order valence-electron chi connectivity index (χ2n) is 5.26. The van der Waals surface area contributed by atoms with Gasteiger partial charge in [-0.25, -0.2) is 0 Å². The molecule has 3 aromatic carbocycles. The maximum absolute atomic E-state index is 3.23. The highest BCUT2D eigenvalue weighted by Crippen LogP contribution is 2.02. The van der Waals surface area contributed by atoms with Crippen molar-refractivity contribution in [1.29, 1.82) is 0 Å². The molecule has 0 aliphatic carbocycles. The van der Waals surface area contributed by atoms with E-state index in [0.29, 0.717) is 0 Å². The van der Waals surface area contributed by atoms with Gasteiger partial charge in [-0.2, -0.15) is 0 Å². The Morgan fingerprint density at radius 3 is 1.61 bits per heavy atom. The van der Waals surface area contributed by atoms with Crippen molar-refractivity contribution in [2.45, 2.75) is 0 Å². The lowest BCUT2D eigenvalue weighted by Gasteiger charge is -1.99. The van der Waals surface area contributed by atoms with E-state index < -0.39 is 0 Å². The summed E-state index contributed by atoms with van der Waals surface area (Å²) in [7, 11) is 2.07. The fourth-order valence-corrected chi connectivity index (χ4v) is 2.21. The van der Waals surface area contributed by atoms with Crippen molar-refractivity contribution in [1.82, 2.24) is 0 Å². The van der Waals surface area contributed by atoms with Crippen LogP contribution in [0.2, 0.25) is 0 Å². The lowest BCUT2D eigenvalue weighted by molar-refractivity contribution is 1.62. The van der Waals surface area contributed by atoms with Gasteiger partial charge in [-0.15, -0.1) is 0 Å². The fraction of sp³-hybridized carbons (Fsp3) is 0. The van der Waals surface area contributed by atoms with Crippen LogP contribution in [0.3, 0.4) is 0 Å². The molecule has 0 amide bonds. The molecule has 3 rings (SSSR count). The molecule has 0 unspecified atom stereocenters. The number of hydrogen-bond donors (Lipinski definition) is 0. The van der Waals surface area contributed by atoms with Gasteiger partial charge in [0.1, 0.15) is 7.85 Å². The number of benzene rings is 3. The molecule has 23 heavy (non-hydrogen) atoms. The minimum atomic E-state index is 1.01. The Balaban J connectivity index is 1.82. The normalized spacial score (nSPS) is 9.22. The van der Waals surface area contributed by atoms with Crippen LogP contribution in [0, 0.1) is 23.7 Å². The summed E-state index contributed by atoms with van der Waals surface area (Å²) >= 11 is 0. The lowest BCUT2D eigenvalue weighted by atomic mass is 9.89. The van der Waals surface area contributed by atoms with Crippen LogP contribution in [0.15, 0.2) is 78.9 Å². The van der Waals surface area contributed by atoms with Crippen molar-refractivity contribution in [3.63, 3.8) is 0 Å². The van der Waals surface area contributed by atoms with Gasteiger partial charge in [0, 0.05) is 22.3 Å². The Bertz CT molecular complexity index is 918. The van der Waals surface area contributed by atoms with E-state index in [2.05, 4.69) is 37.6 Å². The Hall–Kier alpha value is -3.16. The first-order valence-corrected chi connectivity index (χ1v) is 7.56. The highest BCUT2D eigenvalue weighted by atomic mass is 14.0. The predicted molar refractivity (Wildman–Crippen MR) is 99.5 cm³/mol. The topological polar surface area (TPSA) is 0 Å². The number of hydrogen-bond acceptors (Lipinski definition) is 0. The predicted octanol–water partition coefficient (Wildman–Crippen LogP) is 2.74. The maximum Gasteiger partial charge on any atom is 0.140 e. The molecule has 0 aromatic heterocycles. The van der Waals surface area contributed by atoms with Crippen LogP contribution in [0.1, 0.15) is 22.3 Å². The van der Waals surface area contributed by atoms with Crippen LogP contribution in [0.5, 0.6) is 0 Å². The average molecular weight is 290 g/mol. The Kier molecular flexibility index (Phi) is 4.63. The van der Waals surface area contributed by atoms with Gasteiger partial charge in [0.05, 0.1) is 0 Å². The molecular weight excluding hydrogens is 275 g/mol. The molecule has 0 fully saturated rings. The van der Waals surface area contributed by atoms with Gasteiger partial charge < -0.3 is 0 Å². The van der Waals surface area contributed by atoms with Crippen LogP contribution in [-0.4, -0.2) is 7.85 Å². The second-order valence-corrected chi connectivity index (χ2v) is 5.26. The molecule has 0 spiro atoms. The van der Waals surface area contributed by atoms with Crippen molar-refractivity contribution < 1.29 is 0 Å². The van der Waals surface area contributed by atoms with Gasteiger partial charge >= 0.3 is 0 Å². The molecule has 0 radical (unpaired) electrons. The summed E-state index contributed by atoms with van der Waals surface area (Å²) in [5, 5.41) is 0. The van der Waals surface area contributed by atoms with Crippen molar-refractivity contribution >= 4 is 13.3 Å². The average Bonchev–Trinajstić information content (AvgIpc) is 2.61. The maximum atomic E-state index is 3.23. The molecule has 0 heterocycles. The van der Waals surface area contributed by atoms with E-state index in [0.717, 1.165) is 27.7 Å². The van der Waals surface area contributed by atoms with Crippen LogP contribution in [0.25, 0.3) is 0 Å². The zero-order valence-corrected chi connectivity index (χ0v) is 13.0. The summed E-state index contributed by atoms with van der Waals surface area (Å²) in [5.41, 5.74) is 5.25. The molecule has 0 bridgehead atoms. The molecule has 0 aliphatic rings. The minimum Gasteiger partial charge on any atom is -0.0724 e. The van der Waals surface area contributed by atoms with Crippen LogP contribution in [-0.2, 0) is 0 Å². The first-order chi connectivity index (χ1) is 11.3. The van der Waals surface area contributed by atoms with E-state index in [9.17, 15) is 0 Å². The lowest BCUT2D eigenvalue weighted by Crippen LogP contribution is -2.07. The van der Waals surface area contributed by atoms with Crippen molar-refractivity contribution in [2.24, 2.45) is 0 Å². The van der Waals surface area contributed by atoms with E-state index >= 15 is 0 Å². The highest BCUT2D eigenvalue weighted by Gasteiger charge is 1.96. The minimum absolute atomic E-state index is 1.01. The molecule has 3 aromatic rings. The summed E-state index contributed by atoms with van der Waals surface area (Å²) in [6.45, 7) is 0. The Morgan fingerprint density at radius 1 is 0.522 bits per heavy atom. The van der Waals surface area contributed by atoms with Crippen LogP contribution in [0.4, 0.5) is 0 Å². The molecule has 106 valence electrons. The van der Waals surface area contributed by atoms with E-state index in [1.54, 1.807) is 0 Å². The molecule has 1 heteroatoms. The summed E-state index contributed by atoms with van der Waals surface area (Å²) in [4.78, 5) is 0. The first-order valence-electron chi connectivity index (χ1n) is 7.56. The third kappa shape index (κ3) is 4.16. The van der Waals surface area contributed by atoms with E-state index in [-0.39, 0.29) is 0 Å². The summed E-state index contributed by atoms with van der Waals surface area (Å²) in [6, 6.07) is 26.2. The molecule has 0 atom stereocenters. The smallest absolute Gasteiger partial charge is 0.0724 e. The summed E-state index contributed by atoms with van der Waals surface area (Å²) in [5.74, 6) is 12.8. The summed E-state index contributed by atoms with van der Waals surface area (Å²) < 4.78 is 0. The Morgan fingerprint density at radius 2 is 1.04 bits per heavy atom. The van der Waals surface area contributed by atoms with E-state index in [1.165, 1.54) is 0 Å². The third-order valence-corrected chi connectivity index (χ3v) is 3.47. The van der Waals surface area contributed by atoms with Crippen molar-refractivity contribution in [3.8, 4) is 23.7 Å². The first kappa shape index (κ1) is 14.8. The zero-order valence-electron chi connectivity index (χ0n) is 13.0. The van der Waals surface area contributed by atoms with Gasteiger partial charge in [-0.1, -0.05) is 71.6 Å². The molecule has 0 N–H and O–H groups in total. The zero-order chi connectivity index (χ0) is 15.9. The SMILES string of the molecule is Bc1cc(C#Cc2ccccc2)ccc1C#Cc1ccccc1. The van der Waals surface area contributed by atoms with E-state index in [4.69, 9.17) is 0 Å². The second kappa shape index (κ2) is 7.21. The largest absolute Gasteiger partial charge is 0.140 e. The van der Waals surface area contributed by atoms with Crippen LogP contribution < -0.4 is 5.46 Å². The van der Waals surface area contributed by atoms with Crippen molar-refractivity contribution in [2.75, 3.05) is 0 Å². The molecule has 0 nitrogen and oxygen atoms in total. The molecular formula is C22H15B. The van der Waals surface area contributed by atoms with Gasteiger partial charge in [0.2, 0.25) is 0 Å². The summed E-state index contributed by atoms with van der Waals surface area (Å²) in [6.07, 6.45) is 0. The Labute approximate surface area is 138 Å². The molecule has 0 aliphatic heterocycles. The highest BCUT2D eigenvalue weighted by molar-refractivity contribution is 6.34. The third-order valence-electron chi connectivity index (χ3n) is 3.47. The quantitative estimate of drug-likeness (QED) is 0.441. The van der Waals surface area contributed by atoms with E-state index in [1.807, 2.05) is 72.8 Å². The van der Waals surface area contributed by atoms with Crippen LogP contribution >= 0.6 is 0 Å². The monoisotopic (exact) mass is 290 g/mol. The standard InChI is InChI=1S/C22H15B/c23-22-17-20(12-11-18-7-3-1-4-8-18)14-16-21(22)15-13-19-9-5-2-6-10-19/h1-10,14,16-17H,23H2. The fourth-order valence-electron chi connectivity index (χ4n) is 2.21. The van der Waals surface area contributed by atoms with Gasteiger partial charge in [0.15, 0.2) is 0 Å². The van der Waals surface area contributed by atoms with Crippen molar-refractivity contribution in [3.05, 3.63) is 101 Å². The number of rotatable bonds is 0. The van der Waals surface area contributed by atoms with Gasteiger partial charge in [0.25, 0.3) is 0 Å².